The summed E-state index contributed by atoms with van der Waals surface area (Å²) < 4.78 is 0. The average molecular weight is 365 g/mol. The van der Waals surface area contributed by atoms with Crippen LogP contribution >= 0.6 is 0 Å². The van der Waals surface area contributed by atoms with E-state index >= 15 is 0 Å². The van der Waals surface area contributed by atoms with Crippen molar-refractivity contribution in [3.63, 3.8) is 0 Å². The summed E-state index contributed by atoms with van der Waals surface area (Å²) in [5, 5.41) is 12.3. The Labute approximate surface area is 158 Å². The first-order valence-corrected chi connectivity index (χ1v) is 9.20. The summed E-state index contributed by atoms with van der Waals surface area (Å²) in [4.78, 5) is 24.8. The predicted molar refractivity (Wildman–Crippen MR) is 104 cm³/mol. The first-order chi connectivity index (χ1) is 13.0. The number of carbonyl (C=O) groups excluding carboxylic acids is 2. The van der Waals surface area contributed by atoms with Gasteiger partial charge in [-0.3, -0.25) is 14.6 Å². The number of hydrazine groups is 1. The topological polar surface area (TPSA) is 77.0 Å². The molecule has 27 heavy (non-hydrogen) atoms. The van der Waals surface area contributed by atoms with Crippen molar-refractivity contribution in [2.75, 3.05) is 6.54 Å². The molecule has 2 aromatic carbocycles. The molecule has 1 fully saturated rings. The lowest BCUT2D eigenvalue weighted by molar-refractivity contribution is -0.140. The van der Waals surface area contributed by atoms with Crippen molar-refractivity contribution in [3.05, 3.63) is 48.0 Å². The van der Waals surface area contributed by atoms with E-state index in [2.05, 4.69) is 40.1 Å². The summed E-state index contributed by atoms with van der Waals surface area (Å²) in [5.41, 5.74) is 4.53. The second-order valence-corrected chi connectivity index (χ2v) is 7.26. The molecule has 2 unspecified atom stereocenters. The highest BCUT2D eigenvalue weighted by Gasteiger charge is 2.41. The lowest BCUT2D eigenvalue weighted by atomic mass is 9.96. The number of fused-ring (bicyclic) bond motifs is 2. The van der Waals surface area contributed by atoms with Gasteiger partial charge in [-0.15, -0.1) is 0 Å². The van der Waals surface area contributed by atoms with Gasteiger partial charge >= 0.3 is 0 Å². The smallest absolute Gasteiger partial charge is 0.267 e. The molecular formula is C20H23N5O2. The highest BCUT2D eigenvalue weighted by Crippen LogP contribution is 2.33. The molecule has 0 aliphatic carbocycles. The molecule has 0 bridgehead atoms. The van der Waals surface area contributed by atoms with Crippen LogP contribution in [0.3, 0.4) is 0 Å². The van der Waals surface area contributed by atoms with Crippen LogP contribution in [0, 0.1) is 0 Å². The van der Waals surface area contributed by atoms with E-state index in [0.717, 1.165) is 5.56 Å². The fourth-order valence-corrected chi connectivity index (χ4v) is 3.71. The largest absolute Gasteiger partial charge is 0.352 e. The lowest BCUT2D eigenvalue weighted by Crippen LogP contribution is -2.52. The van der Waals surface area contributed by atoms with Crippen molar-refractivity contribution in [1.29, 1.82) is 0 Å². The van der Waals surface area contributed by atoms with E-state index in [1.165, 1.54) is 15.8 Å². The second-order valence-electron chi connectivity index (χ2n) is 7.26. The molecule has 2 N–H and O–H groups in total. The molecule has 0 radical (unpaired) electrons. The van der Waals surface area contributed by atoms with Gasteiger partial charge in [0.1, 0.15) is 18.9 Å². The number of hydrogen-bond donors (Lipinski definition) is 2. The normalized spacial score (nSPS) is 21.8. The average Bonchev–Trinajstić information content (AvgIpc) is 3.08. The summed E-state index contributed by atoms with van der Waals surface area (Å²) >= 11 is 0. The molecule has 4 rings (SSSR count). The number of rotatable bonds is 4. The van der Waals surface area contributed by atoms with Gasteiger partial charge in [0.2, 0.25) is 5.91 Å². The Morgan fingerprint density at radius 3 is 2.85 bits per heavy atom. The van der Waals surface area contributed by atoms with Gasteiger partial charge in [-0.2, -0.15) is 5.10 Å². The molecule has 0 spiro atoms. The summed E-state index contributed by atoms with van der Waals surface area (Å²) in [5.74, 6) is -0.368. The maximum Gasteiger partial charge on any atom is 0.267 e. The molecule has 7 heteroatoms. The van der Waals surface area contributed by atoms with E-state index in [9.17, 15) is 9.59 Å². The Hall–Kier alpha value is -2.93. The van der Waals surface area contributed by atoms with Crippen LogP contribution in [0.1, 0.15) is 31.9 Å². The van der Waals surface area contributed by atoms with Gasteiger partial charge in [-0.05, 0) is 36.6 Å². The molecule has 7 nitrogen and oxygen atoms in total. The van der Waals surface area contributed by atoms with Gasteiger partial charge < -0.3 is 5.32 Å². The van der Waals surface area contributed by atoms with Crippen molar-refractivity contribution in [3.8, 4) is 0 Å². The first kappa shape index (κ1) is 17.5. The Morgan fingerprint density at radius 2 is 2.04 bits per heavy atom. The summed E-state index contributed by atoms with van der Waals surface area (Å²) in [6, 6.07) is 14.1. The van der Waals surface area contributed by atoms with Gasteiger partial charge in [-0.25, -0.2) is 10.4 Å². The monoisotopic (exact) mass is 365 g/mol. The quantitative estimate of drug-likeness (QED) is 0.866. The third kappa shape index (κ3) is 3.38. The van der Waals surface area contributed by atoms with E-state index in [-0.39, 0.29) is 36.5 Å². The van der Waals surface area contributed by atoms with Crippen molar-refractivity contribution in [2.45, 2.75) is 38.4 Å². The number of hydrazone groups is 1. The second kappa shape index (κ2) is 7.00. The maximum absolute atomic E-state index is 12.8. The fraction of sp³-hybridized carbons (Fsp3) is 0.350. The van der Waals surface area contributed by atoms with Crippen LogP contribution in [0.15, 0.2) is 47.6 Å². The van der Waals surface area contributed by atoms with E-state index in [0.29, 0.717) is 6.42 Å². The van der Waals surface area contributed by atoms with Crippen LogP contribution in [0.2, 0.25) is 0 Å². The molecule has 2 heterocycles. The Bertz CT molecular complexity index is 905. The van der Waals surface area contributed by atoms with Crippen LogP contribution < -0.4 is 10.7 Å². The zero-order valence-electron chi connectivity index (χ0n) is 15.4. The lowest BCUT2D eigenvalue weighted by Gasteiger charge is -2.30. The zero-order valence-corrected chi connectivity index (χ0v) is 15.4. The zero-order chi connectivity index (χ0) is 19.0. The fourth-order valence-electron chi connectivity index (χ4n) is 3.71. The summed E-state index contributed by atoms with van der Waals surface area (Å²) in [6.07, 6.45) is 2.22. The van der Waals surface area contributed by atoms with Gasteiger partial charge in [0.25, 0.3) is 5.91 Å². The van der Waals surface area contributed by atoms with Crippen LogP contribution in [-0.2, 0) is 9.59 Å². The van der Waals surface area contributed by atoms with Crippen molar-refractivity contribution in [2.24, 2.45) is 5.10 Å². The summed E-state index contributed by atoms with van der Waals surface area (Å²) in [6.45, 7) is 3.71. The van der Waals surface area contributed by atoms with Gasteiger partial charge in [0.05, 0.1) is 6.04 Å². The van der Waals surface area contributed by atoms with Crippen LogP contribution in [0.4, 0.5) is 0 Å². The highest BCUT2D eigenvalue weighted by atomic mass is 16.2. The Morgan fingerprint density at radius 1 is 1.26 bits per heavy atom. The predicted octanol–water partition coefficient (Wildman–Crippen LogP) is 1.77. The number of nitrogens with one attached hydrogen (secondary N) is 2. The summed E-state index contributed by atoms with van der Waals surface area (Å²) in [7, 11) is 0. The molecule has 2 aromatic rings. The van der Waals surface area contributed by atoms with E-state index < -0.39 is 0 Å². The number of benzene rings is 2. The van der Waals surface area contributed by atoms with Crippen molar-refractivity contribution in [1.82, 2.24) is 20.8 Å². The molecule has 2 atom stereocenters. The van der Waals surface area contributed by atoms with Crippen molar-refractivity contribution < 1.29 is 9.59 Å². The molecular weight excluding hydrogens is 342 g/mol. The standard InChI is InChI=1S/C20H23N5O2/c1-13(2)22-19(26)11-24-20(27)18-10-17(23-25(18)12-21-24)16-9-5-7-14-6-3-4-8-15(14)16/h3-9,12-13,17-18,23H,10-11H2,1-2H3,(H,22,26). The Balaban J connectivity index is 1.52. The van der Waals surface area contributed by atoms with Crippen LogP contribution in [0.25, 0.3) is 10.8 Å². The van der Waals surface area contributed by atoms with Gasteiger partial charge in [0.15, 0.2) is 0 Å². The molecule has 0 saturated carbocycles. The SMILES string of the molecule is CC(C)NC(=O)CN1N=CN2NC(c3cccc4ccccc34)CC2C1=O. The molecule has 2 amide bonds. The minimum absolute atomic E-state index is 0.0148. The third-order valence-electron chi connectivity index (χ3n) is 4.90. The molecule has 1 saturated heterocycles. The number of nitrogens with zero attached hydrogens (tertiary/aromatic N) is 3. The number of carbonyl (C=O) groups is 2. The third-order valence-corrected chi connectivity index (χ3v) is 4.90. The first-order valence-electron chi connectivity index (χ1n) is 9.20. The number of hydrogen-bond acceptors (Lipinski definition) is 5. The number of amides is 2. The van der Waals surface area contributed by atoms with Gasteiger partial charge in [-0.1, -0.05) is 42.5 Å². The van der Waals surface area contributed by atoms with Crippen LogP contribution in [-0.4, -0.2) is 46.8 Å². The van der Waals surface area contributed by atoms with Gasteiger partial charge in [0, 0.05) is 6.04 Å². The Kier molecular flexibility index (Phi) is 4.53. The highest BCUT2D eigenvalue weighted by molar-refractivity contribution is 5.91. The van der Waals surface area contributed by atoms with Crippen molar-refractivity contribution >= 4 is 28.9 Å². The minimum atomic E-state index is -0.363. The molecule has 0 aromatic heterocycles. The van der Waals surface area contributed by atoms with Crippen LogP contribution in [0.5, 0.6) is 0 Å². The molecule has 2 aliphatic rings. The van der Waals surface area contributed by atoms with E-state index in [4.69, 9.17) is 0 Å². The maximum atomic E-state index is 12.8. The molecule has 2 aliphatic heterocycles. The van der Waals surface area contributed by atoms with E-state index in [1.807, 2.05) is 32.0 Å². The molecule has 140 valence electrons. The minimum Gasteiger partial charge on any atom is -0.352 e. The van der Waals surface area contributed by atoms with E-state index in [1.54, 1.807) is 11.3 Å².